The summed E-state index contributed by atoms with van der Waals surface area (Å²) in [6, 6.07) is 5.82. The molecular formula is C13H11FN2O2. The summed E-state index contributed by atoms with van der Waals surface area (Å²) in [4.78, 5) is 19.4. The smallest absolute Gasteiger partial charge is 0.340 e. The van der Waals surface area contributed by atoms with Gasteiger partial charge in [0.15, 0.2) is 0 Å². The molecule has 2 aromatic heterocycles. The van der Waals surface area contributed by atoms with E-state index in [9.17, 15) is 9.18 Å². The number of ether oxygens (including phenoxy) is 1. The summed E-state index contributed by atoms with van der Waals surface area (Å²) in [7, 11) is 0. The molecule has 0 unspecified atom stereocenters. The molecule has 92 valence electrons. The molecule has 0 aliphatic carbocycles. The van der Waals surface area contributed by atoms with Crippen molar-refractivity contribution in [3.63, 3.8) is 0 Å². The molecule has 5 heteroatoms. The average molecular weight is 246 g/mol. The number of hydrogen-bond acceptors (Lipinski definition) is 4. The van der Waals surface area contributed by atoms with Crippen molar-refractivity contribution in [2.45, 2.75) is 6.92 Å². The van der Waals surface area contributed by atoms with Crippen LogP contribution < -0.4 is 0 Å². The molecular weight excluding hydrogens is 235 g/mol. The summed E-state index contributed by atoms with van der Waals surface area (Å²) in [5, 5.41) is 0. The molecule has 0 aliphatic heterocycles. The molecule has 0 amide bonds. The van der Waals surface area contributed by atoms with Crippen LogP contribution in [-0.4, -0.2) is 22.5 Å². The fraction of sp³-hybridized carbons (Fsp3) is 0.154. The predicted molar refractivity (Wildman–Crippen MR) is 63.4 cm³/mol. The van der Waals surface area contributed by atoms with Crippen LogP contribution in [0, 0.1) is 5.95 Å². The number of aromatic nitrogens is 2. The first-order valence-corrected chi connectivity index (χ1v) is 5.46. The van der Waals surface area contributed by atoms with E-state index in [1.165, 1.54) is 6.07 Å². The van der Waals surface area contributed by atoms with Gasteiger partial charge in [0.2, 0.25) is 5.95 Å². The molecule has 0 aromatic carbocycles. The van der Waals surface area contributed by atoms with Gasteiger partial charge in [-0.1, -0.05) is 0 Å². The second kappa shape index (κ2) is 5.35. The third-order valence-electron chi connectivity index (χ3n) is 2.31. The van der Waals surface area contributed by atoms with Gasteiger partial charge in [0.1, 0.15) is 0 Å². The van der Waals surface area contributed by atoms with Gasteiger partial charge in [0.05, 0.1) is 17.9 Å². The zero-order valence-corrected chi connectivity index (χ0v) is 9.76. The number of rotatable bonds is 3. The van der Waals surface area contributed by atoms with Crippen molar-refractivity contribution in [1.82, 2.24) is 9.97 Å². The molecule has 2 rings (SSSR count). The maximum atomic E-state index is 13.2. The highest BCUT2D eigenvalue weighted by molar-refractivity contribution is 5.96. The number of halogens is 1. The Morgan fingerprint density at radius 2 is 2.00 bits per heavy atom. The molecule has 0 saturated heterocycles. The van der Waals surface area contributed by atoms with Gasteiger partial charge < -0.3 is 4.74 Å². The summed E-state index contributed by atoms with van der Waals surface area (Å²) < 4.78 is 18.1. The molecule has 0 aliphatic rings. The monoisotopic (exact) mass is 246 g/mol. The first-order valence-electron chi connectivity index (χ1n) is 5.46. The van der Waals surface area contributed by atoms with Crippen LogP contribution in [-0.2, 0) is 4.74 Å². The van der Waals surface area contributed by atoms with Gasteiger partial charge in [-0.2, -0.15) is 4.39 Å². The molecule has 2 aromatic rings. The lowest BCUT2D eigenvalue weighted by Gasteiger charge is -2.07. The number of esters is 1. The van der Waals surface area contributed by atoms with Gasteiger partial charge in [0.25, 0.3) is 0 Å². The zero-order valence-electron chi connectivity index (χ0n) is 9.76. The van der Waals surface area contributed by atoms with E-state index >= 15 is 0 Å². The van der Waals surface area contributed by atoms with Gasteiger partial charge in [-0.05, 0) is 31.2 Å². The molecule has 0 spiro atoms. The fourth-order valence-electron chi connectivity index (χ4n) is 1.54. The van der Waals surface area contributed by atoms with Gasteiger partial charge in [-0.15, -0.1) is 0 Å². The van der Waals surface area contributed by atoms with Crippen LogP contribution in [0.25, 0.3) is 11.3 Å². The minimum absolute atomic E-state index is 0.240. The first-order chi connectivity index (χ1) is 8.72. The summed E-state index contributed by atoms with van der Waals surface area (Å²) in [5.74, 6) is -1.16. The van der Waals surface area contributed by atoms with Crippen LogP contribution in [0.1, 0.15) is 17.3 Å². The van der Waals surface area contributed by atoms with Crippen LogP contribution in [0.5, 0.6) is 0 Å². The normalized spacial score (nSPS) is 10.1. The van der Waals surface area contributed by atoms with Crippen LogP contribution in [0.4, 0.5) is 4.39 Å². The molecule has 0 fully saturated rings. The number of hydrogen-bond donors (Lipinski definition) is 0. The van der Waals surface area contributed by atoms with Crippen molar-refractivity contribution in [2.24, 2.45) is 0 Å². The Morgan fingerprint density at radius 3 is 2.67 bits per heavy atom. The third kappa shape index (κ3) is 2.51. The van der Waals surface area contributed by atoms with Crippen LogP contribution in [0.2, 0.25) is 0 Å². The van der Waals surface area contributed by atoms with E-state index in [-0.39, 0.29) is 17.9 Å². The highest BCUT2D eigenvalue weighted by Crippen LogP contribution is 2.21. The standard InChI is InChI=1S/C13H11FN2O2/c1-2-18-13(17)10-3-4-11(14)16-12(10)9-5-7-15-8-6-9/h3-8H,2H2,1H3. The van der Waals surface area contributed by atoms with Gasteiger partial charge >= 0.3 is 5.97 Å². The van der Waals surface area contributed by atoms with Crippen molar-refractivity contribution in [1.29, 1.82) is 0 Å². The minimum atomic E-state index is -0.644. The summed E-state index contributed by atoms with van der Waals surface area (Å²) in [6.45, 7) is 1.97. The predicted octanol–water partition coefficient (Wildman–Crippen LogP) is 2.46. The number of nitrogens with zero attached hydrogens (tertiary/aromatic N) is 2. The Morgan fingerprint density at radius 1 is 1.28 bits per heavy atom. The van der Waals surface area contributed by atoms with E-state index in [0.29, 0.717) is 5.56 Å². The zero-order chi connectivity index (χ0) is 13.0. The Kier molecular flexibility index (Phi) is 3.62. The number of carbonyl (C=O) groups is 1. The molecule has 18 heavy (non-hydrogen) atoms. The van der Waals surface area contributed by atoms with E-state index < -0.39 is 11.9 Å². The van der Waals surface area contributed by atoms with Crippen molar-refractivity contribution in [2.75, 3.05) is 6.61 Å². The van der Waals surface area contributed by atoms with Crippen molar-refractivity contribution in [3.8, 4) is 11.3 Å². The molecule has 0 radical (unpaired) electrons. The largest absolute Gasteiger partial charge is 0.462 e. The topological polar surface area (TPSA) is 52.1 Å². The van der Waals surface area contributed by atoms with Gasteiger partial charge in [0, 0.05) is 18.0 Å². The Balaban J connectivity index is 2.51. The van der Waals surface area contributed by atoms with E-state index in [1.54, 1.807) is 31.5 Å². The Bertz CT molecular complexity index is 558. The minimum Gasteiger partial charge on any atom is -0.462 e. The van der Waals surface area contributed by atoms with E-state index in [0.717, 1.165) is 6.07 Å². The molecule has 0 N–H and O–H groups in total. The molecule has 0 bridgehead atoms. The summed E-state index contributed by atoms with van der Waals surface area (Å²) in [6.07, 6.45) is 3.10. The fourth-order valence-corrected chi connectivity index (χ4v) is 1.54. The average Bonchev–Trinajstić information content (AvgIpc) is 2.40. The van der Waals surface area contributed by atoms with E-state index in [2.05, 4.69) is 9.97 Å². The van der Waals surface area contributed by atoms with Crippen molar-refractivity contribution < 1.29 is 13.9 Å². The lowest BCUT2D eigenvalue weighted by atomic mass is 10.1. The van der Waals surface area contributed by atoms with Gasteiger partial charge in [-0.25, -0.2) is 9.78 Å². The van der Waals surface area contributed by atoms with E-state index in [1.807, 2.05) is 0 Å². The molecule has 0 saturated carbocycles. The maximum absolute atomic E-state index is 13.2. The van der Waals surface area contributed by atoms with E-state index in [4.69, 9.17) is 4.74 Å². The summed E-state index contributed by atoms with van der Waals surface area (Å²) >= 11 is 0. The Hall–Kier alpha value is -2.30. The lowest BCUT2D eigenvalue weighted by molar-refractivity contribution is 0.0527. The van der Waals surface area contributed by atoms with Crippen LogP contribution >= 0.6 is 0 Å². The highest BCUT2D eigenvalue weighted by Gasteiger charge is 2.16. The molecule has 2 heterocycles. The Labute approximate surface area is 103 Å². The second-order valence-electron chi connectivity index (χ2n) is 3.49. The quantitative estimate of drug-likeness (QED) is 0.616. The number of carbonyl (C=O) groups excluding carboxylic acids is 1. The highest BCUT2D eigenvalue weighted by atomic mass is 19.1. The second-order valence-corrected chi connectivity index (χ2v) is 3.49. The SMILES string of the molecule is CCOC(=O)c1ccc(F)nc1-c1ccncc1. The lowest BCUT2D eigenvalue weighted by Crippen LogP contribution is -2.08. The van der Waals surface area contributed by atoms with Crippen molar-refractivity contribution in [3.05, 3.63) is 48.2 Å². The first kappa shape index (κ1) is 12.2. The third-order valence-corrected chi connectivity index (χ3v) is 2.31. The molecule has 0 atom stereocenters. The summed E-state index contributed by atoms with van der Waals surface area (Å²) in [5.41, 5.74) is 1.12. The van der Waals surface area contributed by atoms with Crippen LogP contribution in [0.15, 0.2) is 36.7 Å². The van der Waals surface area contributed by atoms with Gasteiger partial charge in [-0.3, -0.25) is 4.98 Å². The maximum Gasteiger partial charge on any atom is 0.340 e. The van der Waals surface area contributed by atoms with Crippen molar-refractivity contribution >= 4 is 5.97 Å². The van der Waals surface area contributed by atoms with Crippen LogP contribution in [0.3, 0.4) is 0 Å². The molecule has 4 nitrogen and oxygen atoms in total. The number of pyridine rings is 2.